The summed E-state index contributed by atoms with van der Waals surface area (Å²) in [7, 11) is 3.22. The van der Waals surface area contributed by atoms with Gasteiger partial charge in [-0.1, -0.05) is 24.3 Å². The molecule has 1 amide bonds. The Morgan fingerprint density at radius 2 is 1.85 bits per heavy atom. The molecule has 2 aromatic heterocycles. The Kier molecular flexibility index (Phi) is 5.55. The summed E-state index contributed by atoms with van der Waals surface area (Å²) in [6.07, 6.45) is 0. The molecule has 9 heteroatoms. The first-order valence-electron chi connectivity index (χ1n) is 10.9. The lowest BCUT2D eigenvalue weighted by Crippen LogP contribution is -2.54. The van der Waals surface area contributed by atoms with Gasteiger partial charge in [0, 0.05) is 38.2 Å². The van der Waals surface area contributed by atoms with Crippen LogP contribution >= 0.6 is 0 Å². The van der Waals surface area contributed by atoms with E-state index in [2.05, 4.69) is 22.0 Å². The Hall–Kier alpha value is -3.72. The molecule has 0 spiro atoms. The van der Waals surface area contributed by atoms with Crippen LogP contribution in [0.1, 0.15) is 23.1 Å². The summed E-state index contributed by atoms with van der Waals surface area (Å²) in [6.45, 7) is 4.22. The zero-order valence-electron chi connectivity index (χ0n) is 18.9. The quantitative estimate of drug-likeness (QED) is 0.466. The number of anilines is 1. The molecule has 1 saturated heterocycles. The van der Waals surface area contributed by atoms with Crippen molar-refractivity contribution < 1.29 is 14.3 Å². The largest absolute Gasteiger partial charge is 0.496 e. The molecular weight excluding hydrogens is 420 g/mol. The van der Waals surface area contributed by atoms with Crippen molar-refractivity contribution in [1.82, 2.24) is 24.5 Å². The highest BCUT2D eigenvalue weighted by atomic mass is 16.5. The van der Waals surface area contributed by atoms with E-state index >= 15 is 0 Å². The fourth-order valence-electron chi connectivity index (χ4n) is 4.47. The predicted octanol–water partition coefficient (Wildman–Crippen LogP) is 2.78. The predicted molar refractivity (Wildman–Crippen MR) is 125 cm³/mol. The number of nitrogens with zero attached hydrogens (tertiary/aromatic N) is 6. The monoisotopic (exact) mass is 446 g/mol. The number of amides is 1. The van der Waals surface area contributed by atoms with Crippen molar-refractivity contribution in [3.05, 3.63) is 59.9 Å². The lowest BCUT2D eigenvalue weighted by Gasteiger charge is -2.40. The molecule has 0 N–H and O–H groups in total. The van der Waals surface area contributed by atoms with Gasteiger partial charge in [0.2, 0.25) is 5.95 Å². The molecule has 9 nitrogen and oxygen atoms in total. The number of fused-ring (bicyclic) bond motifs is 3. The van der Waals surface area contributed by atoms with E-state index in [1.165, 1.54) is 0 Å². The zero-order valence-corrected chi connectivity index (χ0v) is 18.9. The standard InChI is InChI=1S/C24H26N6O3/c1-16-14-28(12-13-29(16)23(31)18-9-5-7-11-20(18)33-3)24-25-19-10-6-4-8-17(19)22-27-26-21(15-32-2)30(22)24/h4-11,16H,12-15H2,1-3H3/t16-/m1/s1. The molecule has 2 aromatic carbocycles. The Morgan fingerprint density at radius 1 is 1.06 bits per heavy atom. The van der Waals surface area contributed by atoms with Crippen LogP contribution in [-0.4, -0.2) is 70.3 Å². The van der Waals surface area contributed by atoms with Crippen molar-refractivity contribution in [1.29, 1.82) is 0 Å². The van der Waals surface area contributed by atoms with E-state index in [1.54, 1.807) is 14.2 Å². The summed E-state index contributed by atoms with van der Waals surface area (Å²) in [6, 6.07) is 15.2. The smallest absolute Gasteiger partial charge is 0.257 e. The van der Waals surface area contributed by atoms with Gasteiger partial charge in [-0.3, -0.25) is 4.79 Å². The second-order valence-corrected chi connectivity index (χ2v) is 8.13. The lowest BCUT2D eigenvalue weighted by atomic mass is 10.1. The van der Waals surface area contributed by atoms with Gasteiger partial charge in [0.25, 0.3) is 5.91 Å². The fraction of sp³-hybridized carbons (Fsp3) is 0.333. The Balaban J connectivity index is 1.49. The van der Waals surface area contributed by atoms with Crippen LogP contribution in [0, 0.1) is 0 Å². The molecule has 1 aliphatic heterocycles. The minimum absolute atomic E-state index is 0.0261. The van der Waals surface area contributed by atoms with Crippen molar-refractivity contribution >= 4 is 28.4 Å². The SMILES string of the molecule is COCc1nnc2c3ccccc3nc(N3CCN(C(=O)c4ccccc4OC)[C@H](C)C3)n12. The molecule has 33 heavy (non-hydrogen) atoms. The molecule has 0 bridgehead atoms. The van der Waals surface area contributed by atoms with E-state index in [-0.39, 0.29) is 11.9 Å². The number of para-hydroxylation sites is 2. The van der Waals surface area contributed by atoms with E-state index in [9.17, 15) is 4.79 Å². The first-order chi connectivity index (χ1) is 16.1. The second-order valence-electron chi connectivity index (χ2n) is 8.13. The van der Waals surface area contributed by atoms with Gasteiger partial charge in [0.15, 0.2) is 11.5 Å². The first kappa shape index (κ1) is 21.1. The molecule has 0 saturated carbocycles. The maximum Gasteiger partial charge on any atom is 0.257 e. The number of hydrogen-bond donors (Lipinski definition) is 0. The molecule has 0 aliphatic carbocycles. The van der Waals surface area contributed by atoms with Gasteiger partial charge < -0.3 is 19.3 Å². The molecule has 170 valence electrons. The number of carbonyl (C=O) groups excluding carboxylic acids is 1. The van der Waals surface area contributed by atoms with Crippen LogP contribution in [0.3, 0.4) is 0 Å². The summed E-state index contributed by atoms with van der Waals surface area (Å²) in [4.78, 5) is 22.3. The van der Waals surface area contributed by atoms with Crippen LogP contribution in [-0.2, 0) is 11.3 Å². The number of aromatic nitrogens is 4. The Morgan fingerprint density at radius 3 is 2.64 bits per heavy atom. The average molecular weight is 447 g/mol. The van der Waals surface area contributed by atoms with Gasteiger partial charge in [-0.05, 0) is 31.2 Å². The number of rotatable bonds is 5. The summed E-state index contributed by atoms with van der Waals surface area (Å²) in [5, 5.41) is 9.72. The third-order valence-electron chi connectivity index (χ3n) is 6.08. The highest BCUT2D eigenvalue weighted by molar-refractivity contribution is 5.97. The second kappa shape index (κ2) is 8.67. The maximum absolute atomic E-state index is 13.3. The molecule has 1 aliphatic rings. The number of methoxy groups -OCH3 is 2. The normalized spacial score (nSPS) is 16.5. The van der Waals surface area contributed by atoms with Gasteiger partial charge >= 0.3 is 0 Å². The maximum atomic E-state index is 13.3. The summed E-state index contributed by atoms with van der Waals surface area (Å²) in [5.41, 5.74) is 2.19. The van der Waals surface area contributed by atoms with E-state index in [0.29, 0.717) is 43.4 Å². The minimum atomic E-state index is -0.0272. The summed E-state index contributed by atoms with van der Waals surface area (Å²) in [5.74, 6) is 2.02. The van der Waals surface area contributed by atoms with Gasteiger partial charge in [-0.2, -0.15) is 0 Å². The van der Waals surface area contributed by atoms with Crippen molar-refractivity contribution in [3.63, 3.8) is 0 Å². The Bertz CT molecular complexity index is 1320. The van der Waals surface area contributed by atoms with E-state index in [1.807, 2.05) is 57.8 Å². The summed E-state index contributed by atoms with van der Waals surface area (Å²) < 4.78 is 12.7. The van der Waals surface area contributed by atoms with Crippen molar-refractivity contribution in [2.45, 2.75) is 19.6 Å². The Labute approximate surface area is 191 Å². The number of piperazine rings is 1. The van der Waals surface area contributed by atoms with Gasteiger partial charge in [0.05, 0.1) is 18.2 Å². The summed E-state index contributed by atoms with van der Waals surface area (Å²) >= 11 is 0. The van der Waals surface area contributed by atoms with Crippen LogP contribution in [0.5, 0.6) is 5.75 Å². The van der Waals surface area contributed by atoms with Crippen molar-refractivity contribution in [2.24, 2.45) is 0 Å². The van der Waals surface area contributed by atoms with E-state index in [0.717, 1.165) is 22.5 Å². The topological polar surface area (TPSA) is 85.1 Å². The van der Waals surface area contributed by atoms with Crippen LogP contribution in [0.25, 0.3) is 16.6 Å². The molecule has 1 fully saturated rings. The molecule has 1 atom stereocenters. The number of ether oxygens (including phenoxy) is 2. The number of hydrogen-bond acceptors (Lipinski definition) is 7. The van der Waals surface area contributed by atoms with Crippen molar-refractivity contribution in [3.8, 4) is 5.75 Å². The first-order valence-corrected chi connectivity index (χ1v) is 10.9. The fourth-order valence-corrected chi connectivity index (χ4v) is 4.47. The zero-order chi connectivity index (χ0) is 22.9. The molecule has 0 radical (unpaired) electrons. The highest BCUT2D eigenvalue weighted by Crippen LogP contribution is 2.27. The van der Waals surface area contributed by atoms with E-state index < -0.39 is 0 Å². The van der Waals surface area contributed by atoms with Gasteiger partial charge in [-0.15, -0.1) is 10.2 Å². The molecule has 0 unspecified atom stereocenters. The van der Waals surface area contributed by atoms with Crippen LogP contribution in [0.15, 0.2) is 48.5 Å². The third kappa shape index (κ3) is 3.64. The number of carbonyl (C=O) groups is 1. The van der Waals surface area contributed by atoms with Crippen LogP contribution in [0.4, 0.5) is 5.95 Å². The average Bonchev–Trinajstić information content (AvgIpc) is 3.27. The lowest BCUT2D eigenvalue weighted by molar-refractivity contribution is 0.0669. The third-order valence-corrected chi connectivity index (χ3v) is 6.08. The molecular formula is C24H26N6O3. The minimum Gasteiger partial charge on any atom is -0.496 e. The van der Waals surface area contributed by atoms with E-state index in [4.69, 9.17) is 14.5 Å². The molecule has 4 aromatic rings. The van der Waals surface area contributed by atoms with Crippen molar-refractivity contribution in [2.75, 3.05) is 38.8 Å². The van der Waals surface area contributed by atoms with Crippen LogP contribution < -0.4 is 9.64 Å². The van der Waals surface area contributed by atoms with Gasteiger partial charge in [-0.25, -0.2) is 9.38 Å². The van der Waals surface area contributed by atoms with Crippen LogP contribution in [0.2, 0.25) is 0 Å². The highest BCUT2D eigenvalue weighted by Gasteiger charge is 2.31. The molecule has 3 heterocycles. The van der Waals surface area contributed by atoms with Gasteiger partial charge in [0.1, 0.15) is 12.4 Å². The number of benzene rings is 2. The molecule has 5 rings (SSSR count).